The van der Waals surface area contributed by atoms with Gasteiger partial charge in [-0.15, -0.1) is 0 Å². The first kappa shape index (κ1) is 8.60. The number of para-hydroxylation sites is 1. The molecule has 4 heteroatoms. The average molecular weight is 214 g/mol. The van der Waals surface area contributed by atoms with E-state index < -0.39 is 0 Å². The van der Waals surface area contributed by atoms with E-state index >= 15 is 0 Å². The number of fused-ring (bicyclic) bond motifs is 1. The maximum absolute atomic E-state index is 10.7. The monoisotopic (exact) mass is 213 g/mol. The third-order valence-electron chi connectivity index (χ3n) is 1.92. The van der Waals surface area contributed by atoms with E-state index in [1.165, 1.54) is 4.09 Å². The molecule has 0 radical (unpaired) electrons. The van der Waals surface area contributed by atoms with E-state index in [2.05, 4.69) is 0 Å². The van der Waals surface area contributed by atoms with Gasteiger partial charge in [-0.2, -0.15) is 0 Å². The highest BCUT2D eigenvalue weighted by Crippen LogP contribution is 2.29. The van der Waals surface area contributed by atoms with E-state index in [0.717, 1.165) is 10.9 Å². The van der Waals surface area contributed by atoms with Crippen LogP contribution in [-0.2, 0) is 0 Å². The summed E-state index contributed by atoms with van der Waals surface area (Å²) in [5.41, 5.74) is 1.18. The van der Waals surface area contributed by atoms with Gasteiger partial charge in [0.05, 0.1) is 11.1 Å². The van der Waals surface area contributed by atoms with E-state index in [4.69, 9.17) is 23.4 Å². The van der Waals surface area contributed by atoms with Crippen LogP contribution in [0.1, 0.15) is 10.4 Å². The summed E-state index contributed by atoms with van der Waals surface area (Å²) in [7, 11) is 0. The van der Waals surface area contributed by atoms with Crippen molar-refractivity contribution in [3.63, 3.8) is 0 Å². The van der Waals surface area contributed by atoms with Gasteiger partial charge in [0, 0.05) is 17.2 Å². The van der Waals surface area contributed by atoms with Gasteiger partial charge in [-0.05, 0) is 6.07 Å². The molecule has 2 nitrogen and oxygen atoms in total. The summed E-state index contributed by atoms with van der Waals surface area (Å²) in [6.45, 7) is 0. The summed E-state index contributed by atoms with van der Waals surface area (Å²) in [5.74, 6) is 0. The van der Waals surface area contributed by atoms with Crippen molar-refractivity contribution in [3.8, 4) is 0 Å². The quantitative estimate of drug-likeness (QED) is 0.668. The molecule has 0 saturated heterocycles. The molecule has 0 spiro atoms. The molecule has 0 aliphatic heterocycles. The Balaban J connectivity index is 2.98. The highest BCUT2D eigenvalue weighted by atomic mass is 35.5. The van der Waals surface area contributed by atoms with E-state index in [0.29, 0.717) is 11.8 Å². The smallest absolute Gasteiger partial charge is 0.153 e. The Hall–Kier alpha value is -0.990. The Labute approximate surface area is 84.8 Å². The van der Waals surface area contributed by atoms with Crippen molar-refractivity contribution in [1.82, 2.24) is 4.09 Å². The lowest BCUT2D eigenvalue weighted by molar-refractivity contribution is 0.112. The Morgan fingerprint density at radius 1 is 1.31 bits per heavy atom. The minimum Gasteiger partial charge on any atom is -0.298 e. The normalized spacial score (nSPS) is 10.6. The van der Waals surface area contributed by atoms with Crippen LogP contribution < -0.4 is 0 Å². The molecule has 0 unspecified atom stereocenters. The van der Waals surface area contributed by atoms with Crippen LogP contribution in [0.4, 0.5) is 0 Å². The highest BCUT2D eigenvalue weighted by molar-refractivity contribution is 6.38. The molecule has 1 aromatic heterocycles. The first-order valence-electron chi connectivity index (χ1n) is 3.66. The maximum Gasteiger partial charge on any atom is 0.153 e. The molecule has 0 aliphatic rings. The van der Waals surface area contributed by atoms with Crippen LogP contribution in [0.2, 0.25) is 5.15 Å². The van der Waals surface area contributed by atoms with E-state index in [-0.39, 0.29) is 5.15 Å². The maximum atomic E-state index is 10.7. The van der Waals surface area contributed by atoms with Crippen molar-refractivity contribution in [1.29, 1.82) is 0 Å². The van der Waals surface area contributed by atoms with Crippen LogP contribution >= 0.6 is 23.4 Å². The van der Waals surface area contributed by atoms with Gasteiger partial charge >= 0.3 is 0 Å². The van der Waals surface area contributed by atoms with Crippen LogP contribution in [0.3, 0.4) is 0 Å². The second kappa shape index (κ2) is 3.05. The van der Waals surface area contributed by atoms with Crippen LogP contribution in [0.15, 0.2) is 24.3 Å². The van der Waals surface area contributed by atoms with Crippen LogP contribution in [-0.4, -0.2) is 10.4 Å². The Morgan fingerprint density at radius 2 is 2.00 bits per heavy atom. The Morgan fingerprint density at radius 3 is 2.69 bits per heavy atom. The van der Waals surface area contributed by atoms with Crippen molar-refractivity contribution in [3.05, 3.63) is 35.0 Å². The molecule has 0 atom stereocenters. The topological polar surface area (TPSA) is 22.0 Å². The molecular formula is C9H5Cl2NO. The average Bonchev–Trinajstić information content (AvgIpc) is 2.41. The zero-order valence-electron chi connectivity index (χ0n) is 6.50. The molecule has 13 heavy (non-hydrogen) atoms. The van der Waals surface area contributed by atoms with E-state index in [1.54, 1.807) is 6.07 Å². The van der Waals surface area contributed by atoms with Crippen LogP contribution in [0.5, 0.6) is 0 Å². The fraction of sp³-hybridized carbons (Fsp3) is 0. The number of hydrogen-bond donors (Lipinski definition) is 0. The number of halogens is 2. The van der Waals surface area contributed by atoms with Gasteiger partial charge in [-0.25, -0.2) is 4.09 Å². The fourth-order valence-electron chi connectivity index (χ4n) is 1.31. The number of hydrogen-bond acceptors (Lipinski definition) is 1. The molecule has 0 fully saturated rings. The second-order valence-electron chi connectivity index (χ2n) is 2.62. The summed E-state index contributed by atoms with van der Waals surface area (Å²) in [6.07, 6.45) is 0.712. The molecule has 1 aromatic carbocycles. The van der Waals surface area contributed by atoms with Crippen molar-refractivity contribution >= 4 is 40.6 Å². The van der Waals surface area contributed by atoms with Gasteiger partial charge < -0.3 is 0 Å². The molecule has 66 valence electrons. The molecule has 1 heterocycles. The first-order valence-corrected chi connectivity index (χ1v) is 4.37. The van der Waals surface area contributed by atoms with Crippen molar-refractivity contribution < 1.29 is 4.79 Å². The third-order valence-corrected chi connectivity index (χ3v) is 2.73. The number of carbonyl (C=O) groups excluding carboxylic acids is 1. The van der Waals surface area contributed by atoms with Gasteiger partial charge in [-0.3, -0.25) is 4.79 Å². The van der Waals surface area contributed by atoms with Crippen molar-refractivity contribution in [2.45, 2.75) is 0 Å². The summed E-state index contributed by atoms with van der Waals surface area (Å²) < 4.78 is 1.28. The lowest BCUT2D eigenvalue weighted by Gasteiger charge is -1.91. The Bertz CT molecular complexity index is 476. The number of benzene rings is 1. The number of aldehydes is 1. The van der Waals surface area contributed by atoms with Gasteiger partial charge in [0.25, 0.3) is 0 Å². The standard InChI is InChI=1S/C9H5Cl2NO/c10-9-7(5-13)6-3-1-2-4-8(6)12(9)11/h1-5H. The van der Waals surface area contributed by atoms with Crippen molar-refractivity contribution in [2.75, 3.05) is 0 Å². The predicted octanol–water partition coefficient (Wildman–Crippen LogP) is 3.11. The number of rotatable bonds is 1. The highest BCUT2D eigenvalue weighted by Gasteiger charge is 2.12. The lowest BCUT2D eigenvalue weighted by atomic mass is 10.2. The summed E-state index contributed by atoms with van der Waals surface area (Å²) in [6, 6.07) is 7.29. The molecule has 0 N–H and O–H groups in total. The molecule has 0 bridgehead atoms. The SMILES string of the molecule is O=Cc1c(Cl)n(Cl)c2ccccc12. The molecule has 2 aromatic rings. The molecule has 0 aliphatic carbocycles. The van der Waals surface area contributed by atoms with E-state index in [9.17, 15) is 4.79 Å². The number of aromatic nitrogens is 1. The zero-order chi connectivity index (χ0) is 9.42. The van der Waals surface area contributed by atoms with E-state index in [1.807, 2.05) is 18.2 Å². The zero-order valence-corrected chi connectivity index (χ0v) is 8.01. The van der Waals surface area contributed by atoms with Gasteiger partial charge in [-0.1, -0.05) is 29.8 Å². The largest absolute Gasteiger partial charge is 0.298 e. The Kier molecular flexibility index (Phi) is 2.02. The molecule has 0 amide bonds. The van der Waals surface area contributed by atoms with Crippen molar-refractivity contribution in [2.24, 2.45) is 0 Å². The van der Waals surface area contributed by atoms with Gasteiger partial charge in [0.1, 0.15) is 5.15 Å². The molecular weight excluding hydrogens is 209 g/mol. The third kappa shape index (κ3) is 1.14. The predicted molar refractivity (Wildman–Crippen MR) is 53.6 cm³/mol. The molecule has 0 saturated carbocycles. The number of nitrogens with zero attached hydrogens (tertiary/aromatic N) is 1. The second-order valence-corrected chi connectivity index (χ2v) is 3.32. The lowest BCUT2D eigenvalue weighted by Crippen LogP contribution is -1.79. The fourth-order valence-corrected chi connectivity index (χ4v) is 1.78. The van der Waals surface area contributed by atoms with Crippen LogP contribution in [0.25, 0.3) is 10.9 Å². The van der Waals surface area contributed by atoms with Gasteiger partial charge in [0.2, 0.25) is 0 Å². The van der Waals surface area contributed by atoms with Gasteiger partial charge in [0.15, 0.2) is 6.29 Å². The summed E-state index contributed by atoms with van der Waals surface area (Å²) in [5, 5.41) is 1.04. The minimum atomic E-state index is 0.262. The summed E-state index contributed by atoms with van der Waals surface area (Å²) >= 11 is 11.7. The van der Waals surface area contributed by atoms with Crippen LogP contribution in [0, 0.1) is 0 Å². The molecule has 2 rings (SSSR count). The minimum absolute atomic E-state index is 0.262. The first-order chi connectivity index (χ1) is 6.25. The summed E-state index contributed by atoms with van der Waals surface area (Å²) in [4.78, 5) is 10.7. The number of carbonyl (C=O) groups is 1.